The molecule has 4 rings (SSSR count). The molecule has 1 amide bonds. The summed E-state index contributed by atoms with van der Waals surface area (Å²) in [5.74, 6) is 1.85. The first-order valence-corrected chi connectivity index (χ1v) is 8.64. The number of carbonyl (C=O) groups is 1. The standard InChI is InChI=1S/C19H15ClN4O4/c1-26-15-4-2-11(20)6-13(15)24-19(25)14-8-18(22-9-21-14)23-12-3-5-16-17(7-12)28-10-27-16/h2-9H,10H2,1H3,(H,24,25)(H,21,22,23). The second-order valence-electron chi connectivity index (χ2n) is 5.78. The highest BCUT2D eigenvalue weighted by molar-refractivity contribution is 6.31. The van der Waals surface area contributed by atoms with Crippen LogP contribution < -0.4 is 24.8 Å². The number of ether oxygens (including phenoxy) is 3. The molecule has 0 saturated carbocycles. The van der Waals surface area contributed by atoms with E-state index in [0.717, 1.165) is 5.69 Å². The zero-order valence-corrected chi connectivity index (χ0v) is 15.5. The Morgan fingerprint density at radius 3 is 2.82 bits per heavy atom. The van der Waals surface area contributed by atoms with Gasteiger partial charge in [0.2, 0.25) is 6.79 Å². The number of fused-ring (bicyclic) bond motifs is 1. The van der Waals surface area contributed by atoms with E-state index < -0.39 is 5.91 Å². The van der Waals surface area contributed by atoms with Crippen molar-refractivity contribution in [2.24, 2.45) is 0 Å². The molecule has 3 aromatic rings. The molecule has 2 heterocycles. The number of amides is 1. The van der Waals surface area contributed by atoms with E-state index in [1.807, 2.05) is 6.07 Å². The van der Waals surface area contributed by atoms with E-state index in [1.165, 1.54) is 19.5 Å². The second kappa shape index (κ2) is 7.61. The van der Waals surface area contributed by atoms with Gasteiger partial charge in [-0.25, -0.2) is 9.97 Å². The summed E-state index contributed by atoms with van der Waals surface area (Å²) in [6.07, 6.45) is 1.30. The molecule has 0 radical (unpaired) electrons. The predicted octanol–water partition coefficient (Wildman–Crippen LogP) is 3.86. The van der Waals surface area contributed by atoms with Gasteiger partial charge in [0, 0.05) is 22.8 Å². The van der Waals surface area contributed by atoms with Crippen molar-refractivity contribution in [3.63, 3.8) is 0 Å². The average Bonchev–Trinajstić information content (AvgIpc) is 3.16. The number of nitrogens with zero attached hydrogens (tertiary/aromatic N) is 2. The van der Waals surface area contributed by atoms with Crippen molar-refractivity contribution in [1.29, 1.82) is 0 Å². The van der Waals surface area contributed by atoms with Crippen LogP contribution in [0.5, 0.6) is 17.2 Å². The average molecular weight is 399 g/mol. The van der Waals surface area contributed by atoms with Gasteiger partial charge in [-0.2, -0.15) is 0 Å². The molecule has 0 aliphatic carbocycles. The van der Waals surface area contributed by atoms with Gasteiger partial charge in [0.15, 0.2) is 11.5 Å². The number of rotatable bonds is 5. The van der Waals surface area contributed by atoms with Gasteiger partial charge in [-0.1, -0.05) is 11.6 Å². The van der Waals surface area contributed by atoms with Crippen LogP contribution in [0.1, 0.15) is 10.5 Å². The molecule has 2 N–H and O–H groups in total. The number of methoxy groups -OCH3 is 1. The number of nitrogens with one attached hydrogen (secondary N) is 2. The summed E-state index contributed by atoms with van der Waals surface area (Å²) in [6, 6.07) is 11.9. The highest BCUT2D eigenvalue weighted by Gasteiger charge is 2.15. The molecule has 2 aromatic carbocycles. The van der Waals surface area contributed by atoms with E-state index in [4.69, 9.17) is 25.8 Å². The molecule has 0 fully saturated rings. The minimum Gasteiger partial charge on any atom is -0.495 e. The largest absolute Gasteiger partial charge is 0.495 e. The zero-order valence-electron chi connectivity index (χ0n) is 14.7. The first-order valence-electron chi connectivity index (χ1n) is 8.26. The first kappa shape index (κ1) is 17.9. The van der Waals surface area contributed by atoms with Crippen LogP contribution in [-0.4, -0.2) is 29.8 Å². The Balaban J connectivity index is 1.52. The van der Waals surface area contributed by atoms with Crippen molar-refractivity contribution in [3.05, 3.63) is 59.5 Å². The molecular weight excluding hydrogens is 384 g/mol. The van der Waals surface area contributed by atoms with Crippen molar-refractivity contribution in [2.45, 2.75) is 0 Å². The zero-order chi connectivity index (χ0) is 19.5. The molecule has 0 saturated heterocycles. The van der Waals surface area contributed by atoms with E-state index in [9.17, 15) is 4.79 Å². The maximum Gasteiger partial charge on any atom is 0.274 e. The molecule has 142 valence electrons. The fourth-order valence-electron chi connectivity index (χ4n) is 2.64. The van der Waals surface area contributed by atoms with Gasteiger partial charge in [-0.15, -0.1) is 0 Å². The second-order valence-corrected chi connectivity index (χ2v) is 6.22. The number of aromatic nitrogens is 2. The lowest BCUT2D eigenvalue weighted by atomic mass is 10.2. The minimum atomic E-state index is -0.420. The van der Waals surface area contributed by atoms with Crippen LogP contribution in [-0.2, 0) is 0 Å². The molecule has 0 spiro atoms. The summed E-state index contributed by atoms with van der Waals surface area (Å²) in [5.41, 5.74) is 1.37. The van der Waals surface area contributed by atoms with E-state index >= 15 is 0 Å². The summed E-state index contributed by atoms with van der Waals surface area (Å²) >= 11 is 6.00. The number of halogens is 1. The molecule has 1 aliphatic rings. The Kier molecular flexibility index (Phi) is 4.86. The van der Waals surface area contributed by atoms with E-state index in [0.29, 0.717) is 33.8 Å². The van der Waals surface area contributed by atoms with Crippen LogP contribution in [0.15, 0.2) is 48.8 Å². The number of hydrogen-bond acceptors (Lipinski definition) is 7. The normalized spacial score (nSPS) is 11.8. The van der Waals surface area contributed by atoms with Crippen LogP contribution in [0.25, 0.3) is 0 Å². The van der Waals surface area contributed by atoms with Gasteiger partial charge < -0.3 is 24.8 Å². The fourth-order valence-corrected chi connectivity index (χ4v) is 2.81. The Morgan fingerprint density at radius 1 is 1.11 bits per heavy atom. The third kappa shape index (κ3) is 3.77. The SMILES string of the molecule is COc1ccc(Cl)cc1NC(=O)c1cc(Nc2ccc3c(c2)OCO3)ncn1. The van der Waals surface area contributed by atoms with Crippen LogP contribution in [0.4, 0.5) is 17.2 Å². The molecule has 0 unspecified atom stereocenters. The third-order valence-corrected chi connectivity index (χ3v) is 4.19. The first-order chi connectivity index (χ1) is 13.6. The molecule has 1 aliphatic heterocycles. The maximum absolute atomic E-state index is 12.6. The lowest BCUT2D eigenvalue weighted by molar-refractivity contribution is 0.102. The summed E-state index contributed by atoms with van der Waals surface area (Å²) in [6.45, 7) is 0.198. The summed E-state index contributed by atoms with van der Waals surface area (Å²) < 4.78 is 15.9. The van der Waals surface area contributed by atoms with Crippen LogP contribution in [0, 0.1) is 0 Å². The Hall–Kier alpha value is -3.52. The lowest BCUT2D eigenvalue weighted by Crippen LogP contribution is -2.15. The third-order valence-electron chi connectivity index (χ3n) is 3.95. The number of benzene rings is 2. The highest BCUT2D eigenvalue weighted by Crippen LogP contribution is 2.35. The molecule has 0 atom stereocenters. The van der Waals surface area contributed by atoms with Crippen molar-refractivity contribution in [3.8, 4) is 17.2 Å². The van der Waals surface area contributed by atoms with E-state index in [2.05, 4.69) is 20.6 Å². The van der Waals surface area contributed by atoms with Crippen LogP contribution in [0.3, 0.4) is 0 Å². The smallest absolute Gasteiger partial charge is 0.274 e. The maximum atomic E-state index is 12.6. The van der Waals surface area contributed by atoms with E-state index in [-0.39, 0.29) is 12.5 Å². The summed E-state index contributed by atoms with van der Waals surface area (Å²) in [4.78, 5) is 20.8. The van der Waals surface area contributed by atoms with Crippen LogP contribution in [0.2, 0.25) is 5.02 Å². The molecule has 28 heavy (non-hydrogen) atoms. The van der Waals surface area contributed by atoms with E-state index in [1.54, 1.807) is 30.3 Å². The Labute approximate surface area is 165 Å². The van der Waals surface area contributed by atoms with Crippen molar-refractivity contribution in [2.75, 3.05) is 24.5 Å². The minimum absolute atomic E-state index is 0.181. The predicted molar refractivity (Wildman–Crippen MR) is 104 cm³/mol. The Bertz CT molecular complexity index is 1040. The van der Waals surface area contributed by atoms with Crippen molar-refractivity contribution >= 4 is 34.7 Å². The van der Waals surface area contributed by atoms with Gasteiger partial charge in [-0.05, 0) is 30.3 Å². The molecule has 8 nitrogen and oxygen atoms in total. The van der Waals surface area contributed by atoms with Gasteiger partial charge >= 0.3 is 0 Å². The number of hydrogen-bond donors (Lipinski definition) is 2. The van der Waals surface area contributed by atoms with Gasteiger partial charge in [-0.3, -0.25) is 4.79 Å². The van der Waals surface area contributed by atoms with Crippen molar-refractivity contribution < 1.29 is 19.0 Å². The van der Waals surface area contributed by atoms with Gasteiger partial charge in [0.25, 0.3) is 5.91 Å². The highest BCUT2D eigenvalue weighted by atomic mass is 35.5. The van der Waals surface area contributed by atoms with Gasteiger partial charge in [0.1, 0.15) is 23.6 Å². The monoisotopic (exact) mass is 398 g/mol. The molecule has 9 heteroatoms. The van der Waals surface area contributed by atoms with Crippen molar-refractivity contribution in [1.82, 2.24) is 9.97 Å². The number of anilines is 3. The lowest BCUT2D eigenvalue weighted by Gasteiger charge is -2.11. The quantitative estimate of drug-likeness (QED) is 0.673. The molecular formula is C19H15ClN4O4. The summed E-state index contributed by atoms with van der Waals surface area (Å²) in [7, 11) is 1.51. The van der Waals surface area contributed by atoms with Crippen LogP contribution >= 0.6 is 11.6 Å². The fraction of sp³-hybridized carbons (Fsp3) is 0.105. The summed E-state index contributed by atoms with van der Waals surface area (Å²) in [5, 5.41) is 6.33. The van der Waals surface area contributed by atoms with Gasteiger partial charge in [0.05, 0.1) is 12.8 Å². The molecule has 1 aromatic heterocycles. The topological polar surface area (TPSA) is 94.6 Å². The number of carbonyl (C=O) groups excluding carboxylic acids is 1. The molecule has 0 bridgehead atoms. The Morgan fingerprint density at radius 2 is 1.96 bits per heavy atom.